The van der Waals surface area contributed by atoms with E-state index in [-0.39, 0.29) is 12.0 Å². The van der Waals surface area contributed by atoms with Gasteiger partial charge in [-0.2, -0.15) is 0 Å². The highest BCUT2D eigenvalue weighted by atomic mass is 16.5. The van der Waals surface area contributed by atoms with Crippen molar-refractivity contribution in [1.29, 1.82) is 0 Å². The van der Waals surface area contributed by atoms with Gasteiger partial charge in [-0.1, -0.05) is 6.92 Å². The molecule has 2 heterocycles. The minimum atomic E-state index is 0.0636. The average Bonchev–Trinajstić information content (AvgIpc) is 2.52. The number of ether oxygens (including phenoxy) is 1. The molecule has 1 N–H and O–H groups in total. The van der Waals surface area contributed by atoms with E-state index >= 15 is 0 Å². The minimum Gasteiger partial charge on any atom is -0.376 e. The Labute approximate surface area is 120 Å². The first-order valence-electron chi connectivity index (χ1n) is 7.29. The monoisotopic (exact) mass is 277 g/mol. The number of nitrogens with zero attached hydrogens (tertiary/aromatic N) is 2. The molecule has 0 aliphatic carbocycles. The number of hydrogen-bond donors (Lipinski definition) is 1. The van der Waals surface area contributed by atoms with Gasteiger partial charge in [0.2, 0.25) is 0 Å². The van der Waals surface area contributed by atoms with Gasteiger partial charge in [-0.15, -0.1) is 0 Å². The van der Waals surface area contributed by atoms with Crippen molar-refractivity contribution in [2.75, 3.05) is 32.1 Å². The summed E-state index contributed by atoms with van der Waals surface area (Å²) < 4.78 is 5.77. The lowest BCUT2D eigenvalue weighted by Gasteiger charge is -2.32. The molecule has 0 aromatic carbocycles. The van der Waals surface area contributed by atoms with Gasteiger partial charge in [0, 0.05) is 38.5 Å². The Morgan fingerprint density at radius 3 is 3.20 bits per heavy atom. The highest BCUT2D eigenvalue weighted by Crippen LogP contribution is 2.17. The molecule has 1 atom stereocenters. The molecule has 1 aromatic rings. The zero-order valence-electron chi connectivity index (χ0n) is 12.3. The first-order chi connectivity index (χ1) is 9.74. The first-order valence-corrected chi connectivity index (χ1v) is 7.29. The zero-order chi connectivity index (χ0) is 14.4. The maximum atomic E-state index is 12.5. The maximum Gasteiger partial charge on any atom is 0.254 e. The molecule has 0 spiro atoms. The van der Waals surface area contributed by atoms with Crippen LogP contribution in [0.3, 0.4) is 0 Å². The van der Waals surface area contributed by atoms with Crippen LogP contribution in [0.5, 0.6) is 0 Å². The summed E-state index contributed by atoms with van der Waals surface area (Å²) in [5, 5.41) is 2.96. The molecule has 1 fully saturated rings. The molecule has 2 rings (SSSR count). The smallest absolute Gasteiger partial charge is 0.254 e. The van der Waals surface area contributed by atoms with Crippen molar-refractivity contribution in [3.63, 3.8) is 0 Å². The third-order valence-corrected chi connectivity index (χ3v) is 3.49. The predicted octanol–water partition coefficient (Wildman–Crippen LogP) is 2.15. The highest BCUT2D eigenvalue weighted by molar-refractivity contribution is 5.94. The first kappa shape index (κ1) is 14.8. The Morgan fingerprint density at radius 1 is 1.60 bits per heavy atom. The molecular formula is C15H23N3O2. The Morgan fingerprint density at radius 2 is 2.45 bits per heavy atom. The second-order valence-corrected chi connectivity index (χ2v) is 5.07. The number of carbonyl (C=O) groups is 1. The van der Waals surface area contributed by atoms with Crippen LogP contribution in [-0.4, -0.2) is 48.6 Å². The van der Waals surface area contributed by atoms with E-state index in [0.29, 0.717) is 17.9 Å². The zero-order valence-corrected chi connectivity index (χ0v) is 12.3. The minimum absolute atomic E-state index is 0.0636. The molecule has 1 amide bonds. The Balaban J connectivity index is 2.00. The summed E-state index contributed by atoms with van der Waals surface area (Å²) in [4.78, 5) is 18.5. The number of pyridine rings is 1. The van der Waals surface area contributed by atoms with Crippen LogP contribution in [-0.2, 0) is 4.74 Å². The topological polar surface area (TPSA) is 54.5 Å². The number of likely N-dealkylation sites (tertiary alicyclic amines) is 1. The van der Waals surface area contributed by atoms with Crippen molar-refractivity contribution in [3.8, 4) is 0 Å². The van der Waals surface area contributed by atoms with Gasteiger partial charge in [0.1, 0.15) is 5.82 Å². The molecule has 1 aromatic heterocycles. The van der Waals surface area contributed by atoms with E-state index in [0.717, 1.165) is 32.4 Å². The van der Waals surface area contributed by atoms with Gasteiger partial charge in [0.15, 0.2) is 0 Å². The second kappa shape index (κ2) is 7.24. The summed E-state index contributed by atoms with van der Waals surface area (Å²) in [6.07, 6.45) is 4.90. The van der Waals surface area contributed by atoms with Crippen molar-refractivity contribution in [1.82, 2.24) is 9.88 Å². The number of hydrogen-bond acceptors (Lipinski definition) is 4. The molecule has 1 aliphatic rings. The van der Waals surface area contributed by atoms with Crippen molar-refractivity contribution in [3.05, 3.63) is 23.9 Å². The summed E-state index contributed by atoms with van der Waals surface area (Å²) in [6, 6.07) is 3.55. The Kier molecular flexibility index (Phi) is 5.35. The lowest BCUT2D eigenvalue weighted by molar-refractivity contribution is 0.00211. The van der Waals surface area contributed by atoms with E-state index in [1.807, 2.05) is 4.90 Å². The lowest BCUT2D eigenvalue weighted by atomic mass is 10.1. The van der Waals surface area contributed by atoms with E-state index in [4.69, 9.17) is 4.74 Å². The summed E-state index contributed by atoms with van der Waals surface area (Å²) in [5.74, 6) is 0.778. The fourth-order valence-electron chi connectivity index (χ4n) is 2.43. The molecule has 1 saturated heterocycles. The van der Waals surface area contributed by atoms with Gasteiger partial charge in [-0.3, -0.25) is 4.79 Å². The fraction of sp³-hybridized carbons (Fsp3) is 0.600. The van der Waals surface area contributed by atoms with E-state index in [2.05, 4.69) is 17.2 Å². The summed E-state index contributed by atoms with van der Waals surface area (Å²) in [6.45, 7) is 4.37. The summed E-state index contributed by atoms with van der Waals surface area (Å²) >= 11 is 0. The second-order valence-electron chi connectivity index (χ2n) is 5.07. The van der Waals surface area contributed by atoms with Crippen molar-refractivity contribution in [2.24, 2.45) is 0 Å². The SMILES string of the molecule is CCCOC1CCCN(C(=O)c2ccnc(NC)c2)C1. The van der Waals surface area contributed by atoms with Crippen LogP contribution in [0.25, 0.3) is 0 Å². The van der Waals surface area contributed by atoms with Gasteiger partial charge in [-0.05, 0) is 31.4 Å². The summed E-state index contributed by atoms with van der Waals surface area (Å²) in [5.41, 5.74) is 0.681. The number of amides is 1. The van der Waals surface area contributed by atoms with E-state index in [9.17, 15) is 4.79 Å². The number of nitrogens with one attached hydrogen (secondary N) is 1. The van der Waals surface area contributed by atoms with Gasteiger partial charge in [0.05, 0.1) is 6.10 Å². The van der Waals surface area contributed by atoms with Crippen molar-refractivity contribution in [2.45, 2.75) is 32.3 Å². The van der Waals surface area contributed by atoms with Crippen molar-refractivity contribution >= 4 is 11.7 Å². The molecular weight excluding hydrogens is 254 g/mol. The van der Waals surface area contributed by atoms with Crippen LogP contribution < -0.4 is 5.32 Å². The van der Waals surface area contributed by atoms with Crippen LogP contribution in [0.2, 0.25) is 0 Å². The largest absolute Gasteiger partial charge is 0.376 e. The number of anilines is 1. The molecule has 20 heavy (non-hydrogen) atoms. The molecule has 0 bridgehead atoms. The Hall–Kier alpha value is -1.62. The van der Waals surface area contributed by atoms with E-state index < -0.39 is 0 Å². The standard InChI is InChI=1S/C15H23N3O2/c1-3-9-20-13-5-4-8-18(11-13)15(19)12-6-7-17-14(10-12)16-2/h6-7,10,13H,3-5,8-9,11H2,1-2H3,(H,16,17). The fourth-order valence-corrected chi connectivity index (χ4v) is 2.43. The van der Waals surface area contributed by atoms with Gasteiger partial charge in [-0.25, -0.2) is 4.98 Å². The molecule has 110 valence electrons. The van der Waals surface area contributed by atoms with E-state index in [1.165, 1.54) is 0 Å². The third-order valence-electron chi connectivity index (χ3n) is 3.49. The Bertz CT molecular complexity index is 450. The average molecular weight is 277 g/mol. The van der Waals surface area contributed by atoms with Crippen molar-refractivity contribution < 1.29 is 9.53 Å². The van der Waals surface area contributed by atoms with Crippen LogP contribution in [0, 0.1) is 0 Å². The molecule has 0 radical (unpaired) electrons. The molecule has 5 nitrogen and oxygen atoms in total. The van der Waals surface area contributed by atoms with Gasteiger partial charge < -0.3 is 15.0 Å². The molecule has 1 unspecified atom stereocenters. The number of carbonyl (C=O) groups excluding carboxylic acids is 1. The van der Waals surface area contributed by atoms with Gasteiger partial charge >= 0.3 is 0 Å². The van der Waals surface area contributed by atoms with Crippen LogP contribution in [0.15, 0.2) is 18.3 Å². The van der Waals surface area contributed by atoms with Gasteiger partial charge in [0.25, 0.3) is 5.91 Å². The number of rotatable bonds is 5. The number of piperidine rings is 1. The van der Waals surface area contributed by atoms with Crippen LogP contribution in [0.4, 0.5) is 5.82 Å². The van der Waals surface area contributed by atoms with E-state index in [1.54, 1.807) is 25.4 Å². The van der Waals surface area contributed by atoms with Crippen LogP contribution >= 0.6 is 0 Å². The third kappa shape index (κ3) is 3.70. The lowest BCUT2D eigenvalue weighted by Crippen LogP contribution is -2.43. The summed E-state index contributed by atoms with van der Waals surface area (Å²) in [7, 11) is 1.80. The molecule has 1 aliphatic heterocycles. The highest BCUT2D eigenvalue weighted by Gasteiger charge is 2.24. The predicted molar refractivity (Wildman–Crippen MR) is 79.0 cm³/mol. The normalized spacial score (nSPS) is 18.9. The quantitative estimate of drug-likeness (QED) is 0.896. The number of aromatic nitrogens is 1. The molecule has 0 saturated carbocycles. The maximum absolute atomic E-state index is 12.5. The van der Waals surface area contributed by atoms with Crippen LogP contribution in [0.1, 0.15) is 36.5 Å². The molecule has 5 heteroatoms.